The van der Waals surface area contributed by atoms with Gasteiger partial charge in [-0.1, -0.05) is 0 Å². The highest BCUT2D eigenvalue weighted by molar-refractivity contribution is 5.96. The molecular weight excluding hydrogens is 276 g/mol. The van der Waals surface area contributed by atoms with E-state index < -0.39 is 23.3 Å². The van der Waals surface area contributed by atoms with Gasteiger partial charge in [-0.2, -0.15) is 0 Å². The monoisotopic (exact) mass is 300 g/mol. The van der Waals surface area contributed by atoms with Crippen LogP contribution in [-0.2, 0) is 14.3 Å². The Balaban J connectivity index is 2.49. The molecule has 1 rings (SSSR count). The molecule has 1 saturated heterocycles. The second-order valence-electron chi connectivity index (χ2n) is 5.89. The van der Waals surface area contributed by atoms with Crippen molar-refractivity contribution in [3.8, 4) is 0 Å². The zero-order chi connectivity index (χ0) is 16.0. The number of ether oxygens (including phenoxy) is 1. The van der Waals surface area contributed by atoms with E-state index in [-0.39, 0.29) is 12.5 Å². The molecule has 0 bridgehead atoms. The van der Waals surface area contributed by atoms with Crippen LogP contribution in [-0.4, -0.2) is 53.7 Å². The van der Waals surface area contributed by atoms with Crippen molar-refractivity contribution in [2.24, 2.45) is 5.41 Å². The zero-order valence-electron chi connectivity index (χ0n) is 12.8. The Labute approximate surface area is 124 Å². The molecule has 0 spiro atoms. The fourth-order valence-corrected chi connectivity index (χ4v) is 2.11. The summed E-state index contributed by atoms with van der Waals surface area (Å²) in [6.45, 7) is 6.32. The zero-order valence-corrected chi connectivity index (χ0v) is 12.8. The fourth-order valence-electron chi connectivity index (χ4n) is 2.11. The van der Waals surface area contributed by atoms with Gasteiger partial charge in [-0.05, 0) is 33.6 Å². The summed E-state index contributed by atoms with van der Waals surface area (Å²) in [5.74, 6) is -1.66. The van der Waals surface area contributed by atoms with Gasteiger partial charge < -0.3 is 14.7 Å². The molecule has 120 valence electrons. The van der Waals surface area contributed by atoms with Crippen molar-refractivity contribution in [3.05, 3.63) is 0 Å². The first-order valence-electron chi connectivity index (χ1n) is 7.20. The first-order valence-corrected chi connectivity index (χ1v) is 7.20. The highest BCUT2D eigenvalue weighted by atomic mass is 16.5. The molecule has 0 radical (unpaired) electrons. The molecule has 7 heteroatoms. The number of carbonyl (C=O) groups excluding carboxylic acids is 2. The van der Waals surface area contributed by atoms with Gasteiger partial charge in [0.2, 0.25) is 5.91 Å². The lowest BCUT2D eigenvalue weighted by Gasteiger charge is -2.25. The predicted octanol–water partition coefficient (Wildman–Crippen LogP) is 1.22. The minimum atomic E-state index is -1.20. The highest BCUT2D eigenvalue weighted by Gasteiger charge is 2.31. The molecular formula is C14H24N2O5. The minimum absolute atomic E-state index is 0.0151. The Hall–Kier alpha value is -1.63. The minimum Gasteiger partial charge on any atom is -0.481 e. The van der Waals surface area contributed by atoms with Crippen molar-refractivity contribution in [2.45, 2.75) is 46.1 Å². The van der Waals surface area contributed by atoms with Crippen LogP contribution < -0.4 is 5.32 Å². The molecule has 0 saturated carbocycles. The SMILES string of the molecule is CCN(CC1CCCO1)C(=O)NC(=O)CC(C)(C)C(=O)O. The van der Waals surface area contributed by atoms with E-state index in [2.05, 4.69) is 5.32 Å². The van der Waals surface area contributed by atoms with Crippen LogP contribution in [0.3, 0.4) is 0 Å². The van der Waals surface area contributed by atoms with Crippen LogP contribution >= 0.6 is 0 Å². The number of nitrogens with one attached hydrogen (secondary N) is 1. The van der Waals surface area contributed by atoms with Crippen LogP contribution in [0.5, 0.6) is 0 Å². The molecule has 0 aromatic heterocycles. The number of urea groups is 1. The summed E-state index contributed by atoms with van der Waals surface area (Å²) in [5.41, 5.74) is -1.20. The van der Waals surface area contributed by atoms with E-state index in [0.29, 0.717) is 19.7 Å². The Morgan fingerprint density at radius 3 is 2.52 bits per heavy atom. The maximum atomic E-state index is 12.0. The van der Waals surface area contributed by atoms with Gasteiger partial charge in [-0.15, -0.1) is 0 Å². The standard InChI is InChI=1S/C14H24N2O5/c1-4-16(9-10-6-5-7-21-10)13(20)15-11(17)8-14(2,3)12(18)19/h10H,4-9H2,1-3H3,(H,18,19)(H,15,17,20). The number of amides is 3. The number of likely N-dealkylation sites (N-methyl/N-ethyl adjacent to an activating group) is 1. The number of nitrogens with zero attached hydrogens (tertiary/aromatic N) is 1. The van der Waals surface area contributed by atoms with Crippen molar-refractivity contribution in [2.75, 3.05) is 19.7 Å². The Morgan fingerprint density at radius 2 is 2.05 bits per heavy atom. The summed E-state index contributed by atoms with van der Waals surface area (Å²) >= 11 is 0. The quantitative estimate of drug-likeness (QED) is 0.769. The van der Waals surface area contributed by atoms with E-state index in [9.17, 15) is 14.4 Å². The Kier molecular flexibility index (Phi) is 6.14. The second-order valence-corrected chi connectivity index (χ2v) is 5.89. The van der Waals surface area contributed by atoms with E-state index in [1.807, 2.05) is 6.92 Å². The molecule has 1 aliphatic rings. The van der Waals surface area contributed by atoms with Crippen molar-refractivity contribution in [1.29, 1.82) is 0 Å². The molecule has 0 aromatic rings. The van der Waals surface area contributed by atoms with Crippen LogP contribution in [0.1, 0.15) is 40.0 Å². The first-order chi connectivity index (χ1) is 9.76. The number of carbonyl (C=O) groups is 3. The maximum absolute atomic E-state index is 12.0. The lowest BCUT2D eigenvalue weighted by molar-refractivity contribution is -0.149. The van der Waals surface area contributed by atoms with E-state index in [0.717, 1.165) is 12.8 Å². The number of rotatable bonds is 6. The lowest BCUT2D eigenvalue weighted by Crippen LogP contribution is -2.47. The summed E-state index contributed by atoms with van der Waals surface area (Å²) in [6, 6.07) is -0.501. The third-order valence-corrected chi connectivity index (χ3v) is 3.54. The average molecular weight is 300 g/mol. The summed E-state index contributed by atoms with van der Waals surface area (Å²) in [5, 5.41) is 11.2. The van der Waals surface area contributed by atoms with Crippen LogP contribution in [0.2, 0.25) is 0 Å². The predicted molar refractivity (Wildman–Crippen MR) is 75.8 cm³/mol. The number of carboxylic acids is 1. The molecule has 21 heavy (non-hydrogen) atoms. The average Bonchev–Trinajstić information content (AvgIpc) is 2.87. The van der Waals surface area contributed by atoms with Crippen molar-refractivity contribution >= 4 is 17.9 Å². The van der Waals surface area contributed by atoms with Crippen LogP contribution in [0.15, 0.2) is 0 Å². The molecule has 0 aliphatic carbocycles. The van der Waals surface area contributed by atoms with Crippen LogP contribution in [0, 0.1) is 5.41 Å². The van der Waals surface area contributed by atoms with Crippen LogP contribution in [0.25, 0.3) is 0 Å². The molecule has 1 atom stereocenters. The molecule has 0 aromatic carbocycles. The van der Waals surface area contributed by atoms with Gasteiger partial charge in [0.1, 0.15) is 0 Å². The van der Waals surface area contributed by atoms with E-state index in [4.69, 9.17) is 9.84 Å². The van der Waals surface area contributed by atoms with Gasteiger partial charge in [0.25, 0.3) is 0 Å². The van der Waals surface area contributed by atoms with Crippen LogP contribution in [0.4, 0.5) is 4.79 Å². The fraction of sp³-hybridized carbons (Fsp3) is 0.786. The summed E-state index contributed by atoms with van der Waals surface area (Å²) < 4.78 is 5.47. The highest BCUT2D eigenvalue weighted by Crippen LogP contribution is 2.20. The van der Waals surface area contributed by atoms with Gasteiger partial charge in [-0.3, -0.25) is 14.9 Å². The molecule has 1 aliphatic heterocycles. The Bertz CT molecular complexity index is 402. The van der Waals surface area contributed by atoms with Gasteiger partial charge in [-0.25, -0.2) is 4.79 Å². The third kappa shape index (κ3) is 5.34. The van der Waals surface area contributed by atoms with E-state index >= 15 is 0 Å². The van der Waals surface area contributed by atoms with Crippen molar-refractivity contribution in [3.63, 3.8) is 0 Å². The molecule has 3 amide bonds. The van der Waals surface area contributed by atoms with Crippen molar-refractivity contribution < 1.29 is 24.2 Å². The van der Waals surface area contributed by atoms with Gasteiger partial charge in [0.15, 0.2) is 0 Å². The molecule has 1 fully saturated rings. The van der Waals surface area contributed by atoms with Gasteiger partial charge in [0.05, 0.1) is 11.5 Å². The number of hydrogen-bond acceptors (Lipinski definition) is 4. The molecule has 1 unspecified atom stereocenters. The molecule has 1 heterocycles. The van der Waals surface area contributed by atoms with Crippen molar-refractivity contribution in [1.82, 2.24) is 10.2 Å². The summed E-state index contributed by atoms with van der Waals surface area (Å²) in [4.78, 5) is 36.3. The summed E-state index contributed by atoms with van der Waals surface area (Å²) in [7, 11) is 0. The largest absolute Gasteiger partial charge is 0.481 e. The normalized spacial score (nSPS) is 18.3. The first kappa shape index (κ1) is 17.4. The molecule has 7 nitrogen and oxygen atoms in total. The third-order valence-electron chi connectivity index (χ3n) is 3.54. The number of carboxylic acid groups (broad SMARTS) is 1. The number of imide groups is 1. The maximum Gasteiger partial charge on any atom is 0.324 e. The summed E-state index contributed by atoms with van der Waals surface area (Å²) in [6.07, 6.45) is 1.66. The number of aliphatic carboxylic acids is 1. The topological polar surface area (TPSA) is 95.9 Å². The van der Waals surface area contributed by atoms with Gasteiger partial charge in [0, 0.05) is 26.1 Å². The molecule has 2 N–H and O–H groups in total. The van der Waals surface area contributed by atoms with Gasteiger partial charge >= 0.3 is 12.0 Å². The lowest BCUT2D eigenvalue weighted by atomic mass is 9.89. The smallest absolute Gasteiger partial charge is 0.324 e. The second kappa shape index (κ2) is 7.40. The Morgan fingerprint density at radius 1 is 1.38 bits per heavy atom. The van der Waals surface area contributed by atoms with E-state index in [1.165, 1.54) is 18.7 Å². The number of hydrogen-bond donors (Lipinski definition) is 2. The van der Waals surface area contributed by atoms with E-state index in [1.54, 1.807) is 0 Å².